The second-order valence-corrected chi connectivity index (χ2v) is 6.98. The molecule has 0 aromatic heterocycles. The minimum absolute atomic E-state index is 0.0470. The zero-order valence-electron chi connectivity index (χ0n) is 14.1. The number of carbonyl (C=O) groups excluding carboxylic acids is 1. The molecule has 122 valence electrons. The highest BCUT2D eigenvalue weighted by Crippen LogP contribution is 2.27. The monoisotopic (exact) mass is 329 g/mol. The summed E-state index contributed by atoms with van der Waals surface area (Å²) in [5.74, 6) is 0.865. The normalized spacial score (nSPS) is 11.8. The largest absolute Gasteiger partial charge is 0.497 e. The van der Waals surface area contributed by atoms with E-state index in [1.807, 2.05) is 31.2 Å². The highest BCUT2D eigenvalue weighted by atomic mass is 32.2. The van der Waals surface area contributed by atoms with E-state index < -0.39 is 0 Å². The molecule has 0 aliphatic rings. The van der Waals surface area contributed by atoms with Crippen molar-refractivity contribution in [1.82, 2.24) is 5.32 Å². The van der Waals surface area contributed by atoms with Crippen molar-refractivity contribution in [2.45, 2.75) is 37.5 Å². The summed E-state index contributed by atoms with van der Waals surface area (Å²) in [5.41, 5.74) is 3.51. The van der Waals surface area contributed by atoms with E-state index in [-0.39, 0.29) is 11.2 Å². The highest BCUT2D eigenvalue weighted by molar-refractivity contribution is 8.00. The summed E-state index contributed by atoms with van der Waals surface area (Å²) < 4.78 is 5.13. The molecule has 2 rings (SSSR count). The molecule has 3 nitrogen and oxygen atoms in total. The van der Waals surface area contributed by atoms with Crippen LogP contribution in [0.1, 0.15) is 23.6 Å². The number of rotatable bonds is 6. The Hall–Kier alpha value is -1.94. The zero-order chi connectivity index (χ0) is 16.8. The van der Waals surface area contributed by atoms with Gasteiger partial charge in [0, 0.05) is 11.4 Å². The van der Waals surface area contributed by atoms with Crippen molar-refractivity contribution in [3.8, 4) is 5.75 Å². The summed E-state index contributed by atoms with van der Waals surface area (Å²) in [4.78, 5) is 13.4. The molecule has 0 radical (unpaired) electrons. The molecule has 1 atom stereocenters. The second kappa shape index (κ2) is 8.06. The number of hydrogen-bond donors (Lipinski definition) is 1. The molecule has 23 heavy (non-hydrogen) atoms. The molecule has 1 amide bonds. The lowest BCUT2D eigenvalue weighted by Crippen LogP contribution is -2.30. The Morgan fingerprint density at radius 3 is 2.48 bits per heavy atom. The second-order valence-electron chi connectivity index (χ2n) is 5.59. The van der Waals surface area contributed by atoms with Crippen LogP contribution in [0.25, 0.3) is 0 Å². The standard InChI is InChI=1S/C19H23NO2S/c1-13-5-10-18(14(2)11-13)23-15(3)19(21)20-12-16-6-8-17(22-4)9-7-16/h5-11,15H,12H2,1-4H3,(H,20,21). The predicted octanol–water partition coefficient (Wildman–Crippen LogP) is 4.11. The van der Waals surface area contributed by atoms with Crippen LogP contribution in [0.3, 0.4) is 0 Å². The van der Waals surface area contributed by atoms with Gasteiger partial charge in [-0.05, 0) is 50.1 Å². The molecule has 0 aliphatic heterocycles. The molecule has 0 heterocycles. The minimum Gasteiger partial charge on any atom is -0.497 e. The number of thioether (sulfide) groups is 1. The number of carbonyl (C=O) groups is 1. The van der Waals surface area contributed by atoms with Gasteiger partial charge in [0.1, 0.15) is 5.75 Å². The van der Waals surface area contributed by atoms with Crippen LogP contribution >= 0.6 is 11.8 Å². The van der Waals surface area contributed by atoms with E-state index in [1.54, 1.807) is 18.9 Å². The Bertz CT molecular complexity index is 668. The lowest BCUT2D eigenvalue weighted by molar-refractivity contribution is -0.120. The Labute approximate surface area is 142 Å². The molecule has 0 spiro atoms. The average Bonchev–Trinajstić information content (AvgIpc) is 2.55. The summed E-state index contributed by atoms with van der Waals surface area (Å²) in [6.45, 7) is 6.62. The molecule has 1 unspecified atom stereocenters. The molecule has 0 aliphatic carbocycles. The van der Waals surface area contributed by atoms with Gasteiger partial charge in [0.15, 0.2) is 0 Å². The number of ether oxygens (including phenoxy) is 1. The van der Waals surface area contributed by atoms with E-state index in [4.69, 9.17) is 4.74 Å². The van der Waals surface area contributed by atoms with Gasteiger partial charge >= 0.3 is 0 Å². The van der Waals surface area contributed by atoms with Crippen LogP contribution in [0.4, 0.5) is 0 Å². The summed E-state index contributed by atoms with van der Waals surface area (Å²) in [6.07, 6.45) is 0. The SMILES string of the molecule is COc1ccc(CNC(=O)C(C)Sc2ccc(C)cc2C)cc1. The van der Waals surface area contributed by atoms with Crippen LogP contribution in [0, 0.1) is 13.8 Å². The minimum atomic E-state index is -0.130. The predicted molar refractivity (Wildman–Crippen MR) is 96.1 cm³/mol. The van der Waals surface area contributed by atoms with Crippen molar-refractivity contribution in [2.75, 3.05) is 7.11 Å². The van der Waals surface area contributed by atoms with Crippen molar-refractivity contribution >= 4 is 17.7 Å². The molecule has 0 fully saturated rings. The first-order valence-electron chi connectivity index (χ1n) is 7.64. The topological polar surface area (TPSA) is 38.3 Å². The van der Waals surface area contributed by atoms with Gasteiger partial charge in [-0.3, -0.25) is 4.79 Å². The van der Waals surface area contributed by atoms with Crippen molar-refractivity contribution in [2.24, 2.45) is 0 Å². The number of hydrogen-bond acceptors (Lipinski definition) is 3. The molecule has 4 heteroatoms. The first-order chi connectivity index (χ1) is 11.0. The molecule has 0 bridgehead atoms. The Balaban J connectivity index is 1.89. The number of amides is 1. The van der Waals surface area contributed by atoms with Gasteiger partial charge in [0.2, 0.25) is 5.91 Å². The number of benzene rings is 2. The highest BCUT2D eigenvalue weighted by Gasteiger charge is 2.15. The third kappa shape index (κ3) is 5.03. The van der Waals surface area contributed by atoms with Crippen LogP contribution in [0.2, 0.25) is 0 Å². The van der Waals surface area contributed by atoms with E-state index in [0.717, 1.165) is 16.2 Å². The molecular formula is C19H23NO2S. The van der Waals surface area contributed by atoms with Crippen LogP contribution in [-0.2, 0) is 11.3 Å². The van der Waals surface area contributed by atoms with Gasteiger partial charge < -0.3 is 10.1 Å². The lowest BCUT2D eigenvalue weighted by atomic mass is 10.2. The quantitative estimate of drug-likeness (QED) is 0.811. The van der Waals surface area contributed by atoms with E-state index in [0.29, 0.717) is 6.54 Å². The lowest BCUT2D eigenvalue weighted by Gasteiger charge is -2.14. The van der Waals surface area contributed by atoms with E-state index in [9.17, 15) is 4.79 Å². The van der Waals surface area contributed by atoms with Crippen molar-refractivity contribution < 1.29 is 9.53 Å². The van der Waals surface area contributed by atoms with E-state index in [2.05, 4.69) is 37.4 Å². The van der Waals surface area contributed by atoms with E-state index >= 15 is 0 Å². The molecule has 1 N–H and O–H groups in total. The molecule has 2 aromatic rings. The molecule has 0 saturated carbocycles. The smallest absolute Gasteiger partial charge is 0.233 e. The van der Waals surface area contributed by atoms with Crippen molar-refractivity contribution in [3.63, 3.8) is 0 Å². The third-order valence-corrected chi connectivity index (χ3v) is 4.91. The van der Waals surface area contributed by atoms with E-state index in [1.165, 1.54) is 11.1 Å². The van der Waals surface area contributed by atoms with Gasteiger partial charge in [-0.1, -0.05) is 29.8 Å². The van der Waals surface area contributed by atoms with Crippen LogP contribution in [-0.4, -0.2) is 18.3 Å². The van der Waals surface area contributed by atoms with Gasteiger partial charge in [-0.15, -0.1) is 11.8 Å². The van der Waals surface area contributed by atoms with Crippen LogP contribution < -0.4 is 10.1 Å². The van der Waals surface area contributed by atoms with Crippen molar-refractivity contribution in [1.29, 1.82) is 0 Å². The maximum Gasteiger partial charge on any atom is 0.233 e. The van der Waals surface area contributed by atoms with Gasteiger partial charge in [0.25, 0.3) is 0 Å². The van der Waals surface area contributed by atoms with Gasteiger partial charge in [-0.25, -0.2) is 0 Å². The first kappa shape index (κ1) is 17.4. The van der Waals surface area contributed by atoms with Gasteiger partial charge in [0.05, 0.1) is 12.4 Å². The Kier molecular flexibility index (Phi) is 6.11. The maximum atomic E-state index is 12.3. The maximum absolute atomic E-state index is 12.3. The summed E-state index contributed by atoms with van der Waals surface area (Å²) in [7, 11) is 1.64. The Morgan fingerprint density at radius 2 is 1.87 bits per heavy atom. The molecule has 2 aromatic carbocycles. The fourth-order valence-corrected chi connectivity index (χ4v) is 3.21. The number of aryl methyl sites for hydroxylation is 2. The first-order valence-corrected chi connectivity index (χ1v) is 8.52. The molecular weight excluding hydrogens is 306 g/mol. The summed E-state index contributed by atoms with van der Waals surface area (Å²) in [5, 5.41) is 2.86. The van der Waals surface area contributed by atoms with Crippen LogP contribution in [0.15, 0.2) is 47.4 Å². The average molecular weight is 329 g/mol. The van der Waals surface area contributed by atoms with Gasteiger partial charge in [-0.2, -0.15) is 0 Å². The van der Waals surface area contributed by atoms with Crippen LogP contribution in [0.5, 0.6) is 5.75 Å². The fourth-order valence-electron chi connectivity index (χ4n) is 2.25. The Morgan fingerprint density at radius 1 is 1.17 bits per heavy atom. The fraction of sp³-hybridized carbons (Fsp3) is 0.316. The van der Waals surface area contributed by atoms with Crippen molar-refractivity contribution in [3.05, 3.63) is 59.2 Å². The third-order valence-electron chi connectivity index (χ3n) is 3.63. The zero-order valence-corrected chi connectivity index (χ0v) is 14.9. The summed E-state index contributed by atoms with van der Waals surface area (Å²) in [6, 6.07) is 14.0. The number of methoxy groups -OCH3 is 1. The molecule has 0 saturated heterocycles. The summed E-state index contributed by atoms with van der Waals surface area (Å²) >= 11 is 1.60. The number of nitrogens with one attached hydrogen (secondary N) is 1.